The Labute approximate surface area is 145 Å². The first-order chi connectivity index (χ1) is 12.1. The van der Waals surface area contributed by atoms with Crippen LogP contribution in [0.1, 0.15) is 18.1 Å². The molecule has 130 valence electrons. The van der Waals surface area contributed by atoms with Gasteiger partial charge >= 0.3 is 0 Å². The summed E-state index contributed by atoms with van der Waals surface area (Å²) in [6.07, 6.45) is 0. The second-order valence-electron chi connectivity index (χ2n) is 5.74. The summed E-state index contributed by atoms with van der Waals surface area (Å²) in [4.78, 5) is 11.2. The van der Waals surface area contributed by atoms with Crippen molar-refractivity contribution in [3.8, 4) is 17.4 Å². The van der Waals surface area contributed by atoms with Crippen molar-refractivity contribution in [1.29, 1.82) is 0 Å². The van der Waals surface area contributed by atoms with Gasteiger partial charge in [-0.3, -0.25) is 0 Å². The molecule has 1 aromatic heterocycles. The molecule has 0 aliphatic heterocycles. The fourth-order valence-electron chi connectivity index (χ4n) is 3.05. The molecule has 1 N–H and O–H groups in total. The molecule has 0 saturated heterocycles. The number of rotatable bonds is 6. The van der Waals surface area contributed by atoms with E-state index in [1.807, 2.05) is 50.2 Å². The maximum Gasteiger partial charge on any atom is 0.222 e. The maximum absolute atomic E-state index is 11.2. The van der Waals surface area contributed by atoms with Crippen molar-refractivity contribution >= 4 is 16.6 Å². The third kappa shape index (κ3) is 2.91. The second kappa shape index (κ2) is 6.84. The first kappa shape index (κ1) is 16.8. The first-order valence-corrected chi connectivity index (χ1v) is 8.04. The highest BCUT2D eigenvalue weighted by atomic mass is 16.5. The molecule has 0 radical (unpaired) electrons. The molecular formula is C19H20N2O4. The summed E-state index contributed by atoms with van der Waals surface area (Å²) in [6, 6.07) is 11.2. The molecule has 0 amide bonds. The van der Waals surface area contributed by atoms with Crippen LogP contribution in [0, 0.1) is 11.8 Å². The summed E-state index contributed by atoms with van der Waals surface area (Å²) in [5.41, 5.74) is 2.64. The van der Waals surface area contributed by atoms with E-state index in [-0.39, 0.29) is 11.6 Å². The van der Waals surface area contributed by atoms with Gasteiger partial charge in [0.2, 0.25) is 5.88 Å². The minimum atomic E-state index is -0.132. The molecule has 6 heteroatoms. The lowest BCUT2D eigenvalue weighted by atomic mass is 10.1. The Morgan fingerprint density at radius 3 is 2.68 bits per heavy atom. The molecule has 3 aromatic rings. The Morgan fingerprint density at radius 2 is 2.00 bits per heavy atom. The van der Waals surface area contributed by atoms with Crippen LogP contribution in [-0.4, -0.2) is 23.4 Å². The van der Waals surface area contributed by atoms with Crippen LogP contribution in [0.3, 0.4) is 0 Å². The lowest BCUT2D eigenvalue weighted by molar-refractivity contribution is 0.310. The van der Waals surface area contributed by atoms with Crippen LogP contribution in [0.4, 0.5) is 5.69 Å². The number of ether oxygens (including phenoxy) is 2. The average Bonchev–Trinajstić information content (AvgIpc) is 2.89. The zero-order valence-corrected chi connectivity index (χ0v) is 14.4. The van der Waals surface area contributed by atoms with E-state index in [9.17, 15) is 10.0 Å². The van der Waals surface area contributed by atoms with E-state index in [0.717, 1.165) is 16.6 Å². The molecule has 0 bridgehead atoms. The Balaban J connectivity index is 2.08. The van der Waals surface area contributed by atoms with Crippen molar-refractivity contribution in [2.75, 3.05) is 13.7 Å². The molecular weight excluding hydrogens is 320 g/mol. The molecule has 0 saturated carbocycles. The standard InChI is InChI=1S/C19H20N2O4/c1-4-25-15-9-8-13(10-16(15)24-3)11-21-14-7-5-6-12(2)17(14)18(20-23)19(21)22/h5-10,22H,4,11H2,1-3H3. The number of nitrogens with zero attached hydrogens (tertiary/aromatic N) is 2. The van der Waals surface area contributed by atoms with Gasteiger partial charge in [0.25, 0.3) is 0 Å². The van der Waals surface area contributed by atoms with Crippen LogP contribution in [0.25, 0.3) is 10.9 Å². The number of aryl methyl sites for hydroxylation is 1. The normalized spacial score (nSPS) is 10.8. The number of fused-ring (bicyclic) bond motifs is 1. The van der Waals surface area contributed by atoms with Crippen LogP contribution in [0.5, 0.6) is 17.4 Å². The Kier molecular flexibility index (Phi) is 4.61. The Morgan fingerprint density at radius 1 is 1.20 bits per heavy atom. The number of hydrogen-bond donors (Lipinski definition) is 1. The number of benzene rings is 2. The van der Waals surface area contributed by atoms with Gasteiger partial charge in [-0.1, -0.05) is 18.2 Å². The lowest BCUT2D eigenvalue weighted by Gasteiger charge is -2.12. The lowest BCUT2D eigenvalue weighted by Crippen LogP contribution is -2.01. The fraction of sp³-hybridized carbons (Fsp3) is 0.263. The van der Waals surface area contributed by atoms with Crippen LogP contribution >= 0.6 is 0 Å². The van der Waals surface area contributed by atoms with Crippen LogP contribution in [0.2, 0.25) is 0 Å². The molecule has 0 unspecified atom stereocenters. The second-order valence-corrected chi connectivity index (χ2v) is 5.74. The number of methoxy groups -OCH3 is 1. The SMILES string of the molecule is CCOc1ccc(Cn2c(O)c(N=O)c3c(C)cccc32)cc1OC. The van der Waals surface area contributed by atoms with Crippen LogP contribution in [0.15, 0.2) is 41.6 Å². The monoisotopic (exact) mass is 340 g/mol. The van der Waals surface area contributed by atoms with E-state index in [0.29, 0.717) is 30.0 Å². The quantitative estimate of drug-likeness (QED) is 0.670. The predicted octanol–water partition coefficient (Wildman–Crippen LogP) is 4.51. The third-order valence-electron chi connectivity index (χ3n) is 4.21. The minimum Gasteiger partial charge on any atom is -0.493 e. The molecule has 2 aromatic carbocycles. The smallest absolute Gasteiger partial charge is 0.222 e. The fourth-order valence-corrected chi connectivity index (χ4v) is 3.05. The molecule has 0 fully saturated rings. The van der Waals surface area contributed by atoms with Crippen molar-refractivity contribution in [1.82, 2.24) is 4.57 Å². The molecule has 25 heavy (non-hydrogen) atoms. The van der Waals surface area contributed by atoms with E-state index in [2.05, 4.69) is 5.18 Å². The maximum atomic E-state index is 11.2. The van der Waals surface area contributed by atoms with Crippen molar-refractivity contribution in [3.63, 3.8) is 0 Å². The van der Waals surface area contributed by atoms with Crippen molar-refractivity contribution in [2.45, 2.75) is 20.4 Å². The number of aromatic nitrogens is 1. The number of hydrogen-bond acceptors (Lipinski definition) is 5. The summed E-state index contributed by atoms with van der Waals surface area (Å²) in [7, 11) is 1.59. The zero-order chi connectivity index (χ0) is 18.0. The summed E-state index contributed by atoms with van der Waals surface area (Å²) < 4.78 is 12.6. The van der Waals surface area contributed by atoms with E-state index in [1.165, 1.54) is 0 Å². The highest BCUT2D eigenvalue weighted by molar-refractivity contribution is 5.97. The molecule has 0 aliphatic carbocycles. The highest BCUT2D eigenvalue weighted by Crippen LogP contribution is 2.41. The molecule has 1 heterocycles. The van der Waals surface area contributed by atoms with E-state index < -0.39 is 0 Å². The van der Waals surface area contributed by atoms with Crippen LogP contribution < -0.4 is 9.47 Å². The number of aromatic hydroxyl groups is 1. The Bertz CT molecular complexity index is 931. The molecule has 0 spiro atoms. The largest absolute Gasteiger partial charge is 0.493 e. The van der Waals surface area contributed by atoms with Gasteiger partial charge in [0.15, 0.2) is 17.2 Å². The van der Waals surface area contributed by atoms with Gasteiger partial charge < -0.3 is 19.1 Å². The van der Waals surface area contributed by atoms with Gasteiger partial charge in [-0.15, -0.1) is 4.91 Å². The topological polar surface area (TPSA) is 73.0 Å². The summed E-state index contributed by atoms with van der Waals surface area (Å²) >= 11 is 0. The van der Waals surface area contributed by atoms with Gasteiger partial charge in [-0.05, 0) is 48.4 Å². The van der Waals surface area contributed by atoms with Crippen molar-refractivity contribution in [2.24, 2.45) is 5.18 Å². The zero-order valence-electron chi connectivity index (χ0n) is 14.4. The summed E-state index contributed by atoms with van der Waals surface area (Å²) in [5, 5.41) is 14.2. The van der Waals surface area contributed by atoms with Crippen molar-refractivity contribution < 1.29 is 14.6 Å². The van der Waals surface area contributed by atoms with Crippen LogP contribution in [-0.2, 0) is 6.54 Å². The summed E-state index contributed by atoms with van der Waals surface area (Å²) in [6.45, 7) is 4.73. The molecule has 3 rings (SSSR count). The van der Waals surface area contributed by atoms with Crippen molar-refractivity contribution in [3.05, 3.63) is 52.4 Å². The average molecular weight is 340 g/mol. The van der Waals surface area contributed by atoms with E-state index in [4.69, 9.17) is 9.47 Å². The number of nitroso groups, excluding NO2 is 1. The van der Waals surface area contributed by atoms with E-state index in [1.54, 1.807) is 11.7 Å². The highest BCUT2D eigenvalue weighted by Gasteiger charge is 2.19. The van der Waals surface area contributed by atoms with Gasteiger partial charge in [-0.2, -0.15) is 0 Å². The van der Waals surface area contributed by atoms with Gasteiger partial charge in [0, 0.05) is 5.39 Å². The molecule has 0 atom stereocenters. The van der Waals surface area contributed by atoms with Gasteiger partial charge in [0.1, 0.15) is 0 Å². The Hall–Kier alpha value is -3.02. The predicted molar refractivity (Wildman–Crippen MR) is 97.1 cm³/mol. The first-order valence-electron chi connectivity index (χ1n) is 8.04. The van der Waals surface area contributed by atoms with E-state index >= 15 is 0 Å². The third-order valence-corrected chi connectivity index (χ3v) is 4.21. The van der Waals surface area contributed by atoms with Gasteiger partial charge in [0.05, 0.1) is 25.8 Å². The molecule has 0 aliphatic rings. The van der Waals surface area contributed by atoms with Gasteiger partial charge in [-0.25, -0.2) is 0 Å². The molecule has 6 nitrogen and oxygen atoms in total. The minimum absolute atomic E-state index is 0.0750. The summed E-state index contributed by atoms with van der Waals surface area (Å²) in [5.74, 6) is 1.16.